The monoisotopic (exact) mass is 490 g/mol. The average molecular weight is 491 g/mol. The minimum absolute atomic E-state index is 0.0144. The minimum Gasteiger partial charge on any atom is -0.403 e. The molecule has 5 heteroatoms. The highest BCUT2D eigenvalue weighted by molar-refractivity contribution is 6.74. The second kappa shape index (κ2) is 9.82. The van der Waals surface area contributed by atoms with Crippen molar-refractivity contribution in [1.29, 1.82) is 0 Å². The summed E-state index contributed by atoms with van der Waals surface area (Å²) in [5.74, 6) is 8.05. The molecule has 0 bridgehead atoms. The van der Waals surface area contributed by atoms with E-state index in [1.807, 2.05) is 0 Å². The van der Waals surface area contributed by atoms with Crippen LogP contribution in [0.4, 0.5) is 0 Å². The fraction of sp³-hybridized carbons (Fsp3) is 0.931. The van der Waals surface area contributed by atoms with Gasteiger partial charge in [-0.05, 0) is 68.5 Å². The Labute approximate surface area is 210 Å². The Morgan fingerprint density at radius 2 is 1.71 bits per heavy atom. The third kappa shape index (κ3) is 4.24. The first-order chi connectivity index (χ1) is 16.0. The molecule has 194 valence electrons. The van der Waals surface area contributed by atoms with Crippen LogP contribution in [0.2, 0.25) is 18.1 Å². The van der Waals surface area contributed by atoms with Crippen LogP contribution < -0.4 is 0 Å². The fourth-order valence-electron chi connectivity index (χ4n) is 7.54. The summed E-state index contributed by atoms with van der Waals surface area (Å²) in [6.45, 7) is 17.5. The number of rotatable bonds is 5. The van der Waals surface area contributed by atoms with Gasteiger partial charge in [-0.1, -0.05) is 65.7 Å². The van der Waals surface area contributed by atoms with Crippen molar-refractivity contribution in [2.24, 2.45) is 29.1 Å². The molecule has 1 aliphatic heterocycles. The normalized spacial score (nSPS) is 36.9. The van der Waals surface area contributed by atoms with E-state index in [-0.39, 0.29) is 28.6 Å². The van der Waals surface area contributed by atoms with Gasteiger partial charge in [-0.15, -0.1) is 0 Å². The molecule has 0 aromatic heterocycles. The van der Waals surface area contributed by atoms with E-state index < -0.39 is 14.1 Å². The smallest absolute Gasteiger partial charge is 0.193 e. The van der Waals surface area contributed by atoms with Crippen molar-refractivity contribution in [2.45, 2.75) is 129 Å². The van der Waals surface area contributed by atoms with E-state index in [4.69, 9.17) is 13.9 Å². The highest BCUT2D eigenvalue weighted by Crippen LogP contribution is 2.71. The summed E-state index contributed by atoms with van der Waals surface area (Å²) in [5, 5.41) is 11.4. The topological polar surface area (TPSA) is 47.9 Å². The van der Waals surface area contributed by atoms with E-state index in [2.05, 4.69) is 59.6 Å². The first kappa shape index (κ1) is 26.7. The largest absolute Gasteiger partial charge is 0.403 e. The van der Waals surface area contributed by atoms with Crippen LogP contribution in [0, 0.1) is 40.9 Å². The number of hydrogen-bond donors (Lipinski definition) is 1. The van der Waals surface area contributed by atoms with Gasteiger partial charge in [-0.3, -0.25) is 0 Å². The molecule has 4 fully saturated rings. The summed E-state index contributed by atoms with van der Waals surface area (Å²) in [6.07, 6.45) is 9.72. The Hall–Kier alpha value is -0.383. The Bertz CT molecular complexity index is 765. The minimum atomic E-state index is -1.95. The van der Waals surface area contributed by atoms with Crippen LogP contribution in [0.25, 0.3) is 0 Å². The molecular formula is C29H50O4Si. The molecule has 1 heterocycles. The third-order valence-corrected chi connectivity index (χ3v) is 14.9. The molecule has 34 heavy (non-hydrogen) atoms. The van der Waals surface area contributed by atoms with Crippen molar-refractivity contribution in [2.75, 3.05) is 13.2 Å². The van der Waals surface area contributed by atoms with Gasteiger partial charge in [0.05, 0.1) is 25.2 Å². The third-order valence-electron chi connectivity index (χ3n) is 10.4. The Balaban J connectivity index is 1.64. The molecule has 4 aliphatic rings. The molecule has 3 saturated carbocycles. The maximum Gasteiger partial charge on any atom is 0.193 e. The summed E-state index contributed by atoms with van der Waals surface area (Å²) in [7, 11) is -1.95. The summed E-state index contributed by atoms with van der Waals surface area (Å²) < 4.78 is 19.7. The van der Waals surface area contributed by atoms with Gasteiger partial charge in [-0.2, -0.15) is 0 Å². The number of ether oxygens (including phenoxy) is 2. The molecular weight excluding hydrogens is 440 g/mol. The quantitative estimate of drug-likeness (QED) is 0.352. The van der Waals surface area contributed by atoms with E-state index in [0.717, 1.165) is 25.7 Å². The van der Waals surface area contributed by atoms with Gasteiger partial charge in [0.15, 0.2) is 14.1 Å². The molecule has 1 spiro atoms. The highest BCUT2D eigenvalue weighted by atomic mass is 28.4. The van der Waals surface area contributed by atoms with Crippen molar-refractivity contribution in [1.82, 2.24) is 0 Å². The van der Waals surface area contributed by atoms with E-state index in [0.29, 0.717) is 31.0 Å². The van der Waals surface area contributed by atoms with Crippen molar-refractivity contribution in [3.63, 3.8) is 0 Å². The van der Waals surface area contributed by atoms with Crippen LogP contribution in [0.15, 0.2) is 0 Å². The van der Waals surface area contributed by atoms with Crippen LogP contribution >= 0.6 is 0 Å². The molecule has 4 nitrogen and oxygen atoms in total. The van der Waals surface area contributed by atoms with Crippen LogP contribution in [0.5, 0.6) is 0 Å². The zero-order valence-corrected chi connectivity index (χ0v) is 23.9. The van der Waals surface area contributed by atoms with Gasteiger partial charge in [0, 0.05) is 11.3 Å². The summed E-state index contributed by atoms with van der Waals surface area (Å²) in [5.41, 5.74) is -0.0244. The van der Waals surface area contributed by atoms with E-state index in [9.17, 15) is 5.11 Å². The Morgan fingerprint density at radius 3 is 2.26 bits per heavy atom. The molecule has 0 aromatic carbocycles. The lowest BCUT2D eigenvalue weighted by Gasteiger charge is -2.70. The fourth-order valence-corrected chi connectivity index (χ4v) is 8.78. The lowest BCUT2D eigenvalue weighted by Crippen LogP contribution is -2.74. The zero-order chi connectivity index (χ0) is 24.8. The maximum atomic E-state index is 11.2. The van der Waals surface area contributed by atoms with Gasteiger partial charge in [0.2, 0.25) is 0 Å². The molecule has 1 unspecified atom stereocenters. The Morgan fingerprint density at radius 1 is 1.06 bits per heavy atom. The summed E-state index contributed by atoms with van der Waals surface area (Å²) in [4.78, 5) is 0. The van der Waals surface area contributed by atoms with Crippen LogP contribution in [0.3, 0.4) is 0 Å². The molecule has 1 saturated heterocycles. The van der Waals surface area contributed by atoms with Crippen LogP contribution in [-0.2, 0) is 13.9 Å². The number of aliphatic hydroxyl groups excluding tert-OH is 1. The van der Waals surface area contributed by atoms with Crippen molar-refractivity contribution in [3.05, 3.63) is 0 Å². The van der Waals surface area contributed by atoms with E-state index >= 15 is 0 Å². The second-order valence-corrected chi connectivity index (χ2v) is 17.8. The first-order valence-electron chi connectivity index (χ1n) is 14.2. The predicted molar refractivity (Wildman–Crippen MR) is 140 cm³/mol. The Kier molecular flexibility index (Phi) is 7.71. The molecule has 1 N–H and O–H groups in total. The second-order valence-electron chi connectivity index (χ2n) is 13.0. The van der Waals surface area contributed by atoms with Crippen LogP contribution in [0.1, 0.15) is 92.4 Å². The lowest BCUT2D eigenvalue weighted by molar-refractivity contribution is -0.391. The average Bonchev–Trinajstić information content (AvgIpc) is 3.31. The molecule has 6 atom stereocenters. The van der Waals surface area contributed by atoms with Crippen molar-refractivity contribution >= 4 is 8.32 Å². The summed E-state index contributed by atoms with van der Waals surface area (Å²) >= 11 is 0. The maximum absolute atomic E-state index is 11.2. The number of hydrogen-bond acceptors (Lipinski definition) is 4. The lowest BCUT2D eigenvalue weighted by atomic mass is 9.40. The highest BCUT2D eigenvalue weighted by Gasteiger charge is 2.76. The van der Waals surface area contributed by atoms with Gasteiger partial charge in [0.1, 0.15) is 6.10 Å². The number of fused-ring (bicyclic) bond motifs is 2. The van der Waals surface area contributed by atoms with Gasteiger partial charge in [-0.25, -0.2) is 0 Å². The van der Waals surface area contributed by atoms with E-state index in [1.54, 1.807) is 0 Å². The molecule has 4 rings (SSSR count). The standard InChI is InChI=1S/C29H50O4Si/c1-8-23-26-22(24(30)17-18-28(26,9-2)29(23)31-19-20-32-29)15-16-25(21-13-11-10-12-14-21)33-34(6,7)27(3,4)5/h21-26,30H,8-14,17-20H2,1-7H3/t22-,23?,24+,25+,26-,28-/m0/s1. The molecule has 0 radical (unpaired) electrons. The van der Waals surface area contributed by atoms with Gasteiger partial charge < -0.3 is 19.0 Å². The zero-order valence-electron chi connectivity index (χ0n) is 22.9. The molecule has 0 aromatic rings. The van der Waals surface area contributed by atoms with Crippen molar-refractivity contribution < 1.29 is 19.0 Å². The summed E-state index contributed by atoms with van der Waals surface area (Å²) in [6, 6.07) is 0. The molecule has 0 amide bonds. The van der Waals surface area contributed by atoms with Crippen LogP contribution in [-0.4, -0.2) is 44.6 Å². The first-order valence-corrected chi connectivity index (χ1v) is 17.1. The van der Waals surface area contributed by atoms with E-state index in [1.165, 1.54) is 32.1 Å². The predicted octanol–water partition coefficient (Wildman–Crippen LogP) is 6.53. The number of aliphatic hydroxyl groups is 1. The van der Waals surface area contributed by atoms with Gasteiger partial charge in [0.25, 0.3) is 0 Å². The molecule has 3 aliphatic carbocycles. The van der Waals surface area contributed by atoms with Gasteiger partial charge >= 0.3 is 0 Å². The van der Waals surface area contributed by atoms with Crippen molar-refractivity contribution in [3.8, 4) is 11.8 Å². The SMILES string of the molecule is CCC1[C@@H]2[C@@H](C#C[C@@H](O[Si](C)(C)C(C)(C)C)C3CCCCC3)[C@H](O)CC[C@]2(CC)C12OCCO2.